The maximum absolute atomic E-state index is 12.2. The number of benzene rings is 1. The van der Waals surface area contributed by atoms with Crippen molar-refractivity contribution in [2.45, 2.75) is 6.92 Å². The number of carbonyl (C=O) groups is 2. The van der Waals surface area contributed by atoms with Crippen LogP contribution in [0.4, 0.5) is 4.79 Å². The highest BCUT2D eigenvalue weighted by Gasteiger charge is 2.18. The first-order valence-corrected chi connectivity index (χ1v) is 7.90. The van der Waals surface area contributed by atoms with Gasteiger partial charge < -0.3 is 25.3 Å². The molecular weight excluding hydrogens is 318 g/mol. The van der Waals surface area contributed by atoms with Crippen LogP contribution in [0.2, 0.25) is 0 Å². The summed E-state index contributed by atoms with van der Waals surface area (Å²) in [5.41, 5.74) is 2.68. The fourth-order valence-corrected chi connectivity index (χ4v) is 2.78. The topological polar surface area (TPSA) is 103 Å². The lowest BCUT2D eigenvalue weighted by atomic mass is 10.1. The van der Waals surface area contributed by atoms with Gasteiger partial charge in [-0.05, 0) is 19.1 Å². The molecule has 0 aliphatic heterocycles. The largest absolute Gasteiger partial charge is 0.530 e. The molecule has 8 heteroatoms. The molecule has 0 radical (unpaired) electrons. The lowest BCUT2D eigenvalue weighted by molar-refractivity contribution is -0.250. The Morgan fingerprint density at radius 1 is 1.26 bits per heavy atom. The SMILES string of the molecule is CCOc1ccccc1-c1scnc1C(=O)NCCNC(=O)[O-]. The van der Waals surface area contributed by atoms with Gasteiger partial charge in [-0.3, -0.25) is 4.79 Å². The predicted molar refractivity (Wildman–Crippen MR) is 84.5 cm³/mol. The van der Waals surface area contributed by atoms with Crippen LogP contribution in [0.3, 0.4) is 0 Å². The van der Waals surface area contributed by atoms with E-state index in [2.05, 4.69) is 15.6 Å². The Bertz CT molecular complexity index is 687. The first-order chi connectivity index (χ1) is 11.1. The van der Waals surface area contributed by atoms with Crippen LogP contribution in [-0.2, 0) is 0 Å². The number of rotatable bonds is 7. The van der Waals surface area contributed by atoms with Gasteiger partial charge in [-0.25, -0.2) is 4.98 Å². The van der Waals surface area contributed by atoms with Gasteiger partial charge >= 0.3 is 0 Å². The van der Waals surface area contributed by atoms with Crippen LogP contribution in [0.25, 0.3) is 10.4 Å². The predicted octanol–water partition coefficient (Wildman–Crippen LogP) is 0.871. The Labute approximate surface area is 137 Å². The zero-order valence-corrected chi connectivity index (χ0v) is 13.3. The van der Waals surface area contributed by atoms with Crippen LogP contribution >= 0.6 is 11.3 Å². The molecule has 23 heavy (non-hydrogen) atoms. The van der Waals surface area contributed by atoms with E-state index in [4.69, 9.17) is 4.74 Å². The van der Waals surface area contributed by atoms with Gasteiger partial charge in [-0.2, -0.15) is 0 Å². The Balaban J connectivity index is 2.13. The van der Waals surface area contributed by atoms with E-state index in [9.17, 15) is 14.7 Å². The van der Waals surface area contributed by atoms with E-state index in [1.165, 1.54) is 11.3 Å². The minimum Gasteiger partial charge on any atom is -0.530 e. The molecule has 2 amide bonds. The zero-order chi connectivity index (χ0) is 16.7. The molecule has 0 bridgehead atoms. The van der Waals surface area contributed by atoms with Gasteiger partial charge in [0.05, 0.1) is 17.0 Å². The summed E-state index contributed by atoms with van der Waals surface area (Å²) in [6.45, 7) is 2.63. The van der Waals surface area contributed by atoms with Crippen LogP contribution in [0.5, 0.6) is 5.75 Å². The normalized spacial score (nSPS) is 10.1. The van der Waals surface area contributed by atoms with Crippen molar-refractivity contribution < 1.29 is 19.4 Å². The monoisotopic (exact) mass is 334 g/mol. The summed E-state index contributed by atoms with van der Waals surface area (Å²) in [5, 5.41) is 14.9. The van der Waals surface area contributed by atoms with Crippen LogP contribution < -0.4 is 20.5 Å². The van der Waals surface area contributed by atoms with E-state index in [0.717, 1.165) is 5.56 Å². The third-order valence-electron chi connectivity index (χ3n) is 2.89. The third kappa shape index (κ3) is 4.43. The molecule has 0 spiro atoms. The molecule has 0 unspecified atom stereocenters. The van der Waals surface area contributed by atoms with E-state index in [0.29, 0.717) is 17.2 Å². The van der Waals surface area contributed by atoms with Crippen molar-refractivity contribution in [1.29, 1.82) is 0 Å². The molecule has 1 aromatic carbocycles. The number of aromatic nitrogens is 1. The average molecular weight is 334 g/mol. The van der Waals surface area contributed by atoms with Crippen LogP contribution in [0, 0.1) is 0 Å². The van der Waals surface area contributed by atoms with Crippen LogP contribution in [-0.4, -0.2) is 36.7 Å². The number of carboxylic acid groups (broad SMARTS) is 1. The number of nitrogens with one attached hydrogen (secondary N) is 2. The standard InChI is InChI=1S/C15H17N3O4S/c1-2-22-11-6-4-3-5-10(11)13-12(18-9-23-13)14(19)16-7-8-17-15(20)21/h3-6,9,17H,2,7-8H2,1H3,(H,16,19)(H,20,21)/p-1. The number of amides is 2. The van der Waals surface area contributed by atoms with E-state index in [1.54, 1.807) is 5.51 Å². The summed E-state index contributed by atoms with van der Waals surface area (Å²) < 4.78 is 5.59. The number of hydrogen-bond donors (Lipinski definition) is 2. The molecule has 0 saturated carbocycles. The molecular formula is C15H16N3O4S-. The summed E-state index contributed by atoms with van der Waals surface area (Å²) in [5.74, 6) is 0.319. The first-order valence-electron chi connectivity index (χ1n) is 7.02. The highest BCUT2D eigenvalue weighted by Crippen LogP contribution is 2.34. The second-order valence-electron chi connectivity index (χ2n) is 4.43. The average Bonchev–Trinajstić information content (AvgIpc) is 3.01. The lowest BCUT2D eigenvalue weighted by Crippen LogP contribution is -2.41. The van der Waals surface area contributed by atoms with Crippen molar-refractivity contribution >= 4 is 23.3 Å². The number of nitrogens with zero attached hydrogens (tertiary/aromatic N) is 1. The molecule has 7 nitrogen and oxygen atoms in total. The second-order valence-corrected chi connectivity index (χ2v) is 5.28. The van der Waals surface area contributed by atoms with Crippen molar-refractivity contribution in [2.75, 3.05) is 19.7 Å². The minimum absolute atomic E-state index is 0.0725. The number of thiazole rings is 1. The summed E-state index contributed by atoms with van der Waals surface area (Å²) in [4.78, 5) is 27.3. The molecule has 122 valence electrons. The van der Waals surface area contributed by atoms with Crippen molar-refractivity contribution in [1.82, 2.24) is 15.6 Å². The maximum Gasteiger partial charge on any atom is 0.271 e. The van der Waals surface area contributed by atoms with E-state index >= 15 is 0 Å². The van der Waals surface area contributed by atoms with Gasteiger partial charge in [0, 0.05) is 18.7 Å². The quantitative estimate of drug-likeness (QED) is 0.731. The maximum atomic E-state index is 12.2. The van der Waals surface area contributed by atoms with Crippen molar-refractivity contribution in [3.63, 3.8) is 0 Å². The van der Waals surface area contributed by atoms with E-state index in [1.807, 2.05) is 31.2 Å². The molecule has 1 aromatic heterocycles. The van der Waals surface area contributed by atoms with Gasteiger partial charge in [0.25, 0.3) is 5.91 Å². The molecule has 1 heterocycles. The van der Waals surface area contributed by atoms with E-state index in [-0.39, 0.29) is 24.7 Å². The fraction of sp³-hybridized carbons (Fsp3) is 0.267. The van der Waals surface area contributed by atoms with Gasteiger partial charge in [0.2, 0.25) is 0 Å². The van der Waals surface area contributed by atoms with Crippen molar-refractivity contribution in [3.8, 4) is 16.2 Å². The molecule has 2 aromatic rings. The molecule has 0 saturated heterocycles. The Kier molecular flexibility index (Phi) is 5.93. The molecule has 2 N–H and O–H groups in total. The second kappa shape index (κ2) is 8.14. The minimum atomic E-state index is -1.38. The van der Waals surface area contributed by atoms with E-state index < -0.39 is 6.09 Å². The lowest BCUT2D eigenvalue weighted by Gasteiger charge is -2.10. The zero-order valence-electron chi connectivity index (χ0n) is 12.5. The Morgan fingerprint density at radius 2 is 2.00 bits per heavy atom. The summed E-state index contributed by atoms with van der Waals surface area (Å²) in [6.07, 6.45) is -1.38. The fourth-order valence-electron chi connectivity index (χ4n) is 1.96. The van der Waals surface area contributed by atoms with Gasteiger partial charge in [-0.15, -0.1) is 11.3 Å². The number of carbonyl (C=O) groups excluding carboxylic acids is 2. The van der Waals surface area contributed by atoms with Crippen LogP contribution in [0.1, 0.15) is 17.4 Å². The smallest absolute Gasteiger partial charge is 0.271 e. The molecule has 0 fully saturated rings. The molecule has 0 aliphatic rings. The van der Waals surface area contributed by atoms with Crippen molar-refractivity contribution in [2.24, 2.45) is 0 Å². The highest BCUT2D eigenvalue weighted by atomic mass is 32.1. The van der Waals surface area contributed by atoms with Gasteiger partial charge in [0.1, 0.15) is 17.5 Å². The molecule has 2 rings (SSSR count). The Hall–Kier alpha value is -2.61. The van der Waals surface area contributed by atoms with Crippen molar-refractivity contribution in [3.05, 3.63) is 35.5 Å². The molecule has 0 aliphatic carbocycles. The number of hydrogen-bond acceptors (Lipinski definition) is 6. The van der Waals surface area contributed by atoms with Gasteiger partial charge in [0.15, 0.2) is 0 Å². The highest BCUT2D eigenvalue weighted by molar-refractivity contribution is 7.13. The number of para-hydroxylation sites is 1. The van der Waals surface area contributed by atoms with Crippen LogP contribution in [0.15, 0.2) is 29.8 Å². The Morgan fingerprint density at radius 3 is 2.74 bits per heavy atom. The first kappa shape index (κ1) is 16.8. The summed E-state index contributed by atoms with van der Waals surface area (Å²) in [7, 11) is 0. The summed E-state index contributed by atoms with van der Waals surface area (Å²) >= 11 is 1.34. The molecule has 0 atom stereocenters. The number of ether oxygens (including phenoxy) is 1. The van der Waals surface area contributed by atoms with Gasteiger partial charge in [-0.1, -0.05) is 12.1 Å². The third-order valence-corrected chi connectivity index (χ3v) is 3.75. The summed E-state index contributed by atoms with van der Waals surface area (Å²) in [6, 6.07) is 7.43.